The van der Waals surface area contributed by atoms with Gasteiger partial charge in [-0.2, -0.15) is 0 Å². The Balaban J connectivity index is 2.06. The molecule has 1 amide bonds. The van der Waals surface area contributed by atoms with Crippen molar-refractivity contribution >= 4 is 17.6 Å². The van der Waals surface area contributed by atoms with Gasteiger partial charge in [-0.3, -0.25) is 4.79 Å². The monoisotopic (exact) mass is 327 g/mol. The van der Waals surface area contributed by atoms with Crippen molar-refractivity contribution in [3.8, 4) is 5.75 Å². The van der Waals surface area contributed by atoms with Crippen molar-refractivity contribution in [2.45, 2.75) is 26.9 Å². The van der Waals surface area contributed by atoms with Gasteiger partial charge >= 0.3 is 5.97 Å². The van der Waals surface area contributed by atoms with E-state index in [0.29, 0.717) is 17.0 Å². The Hall–Kier alpha value is -2.82. The third-order valence-electron chi connectivity index (χ3n) is 3.78. The van der Waals surface area contributed by atoms with Crippen molar-refractivity contribution in [3.05, 3.63) is 59.2 Å². The van der Waals surface area contributed by atoms with Gasteiger partial charge in [-0.05, 0) is 56.2 Å². The van der Waals surface area contributed by atoms with Crippen molar-refractivity contribution in [3.63, 3.8) is 0 Å². The molecule has 126 valence electrons. The highest BCUT2D eigenvalue weighted by Crippen LogP contribution is 2.22. The van der Waals surface area contributed by atoms with Gasteiger partial charge in [0.05, 0.1) is 12.7 Å². The molecule has 2 rings (SSSR count). The van der Waals surface area contributed by atoms with Crippen LogP contribution in [0.2, 0.25) is 0 Å². The highest BCUT2D eigenvalue weighted by atomic mass is 16.5. The highest BCUT2D eigenvalue weighted by molar-refractivity contribution is 5.96. The molecule has 0 aromatic heterocycles. The summed E-state index contributed by atoms with van der Waals surface area (Å²) in [7, 11) is 1.31. The Kier molecular flexibility index (Phi) is 5.58. The second-order valence-electron chi connectivity index (χ2n) is 5.52. The van der Waals surface area contributed by atoms with E-state index in [1.165, 1.54) is 7.11 Å². The van der Waals surface area contributed by atoms with Crippen LogP contribution >= 0.6 is 0 Å². The number of methoxy groups -OCH3 is 1. The third kappa shape index (κ3) is 4.13. The number of benzene rings is 2. The van der Waals surface area contributed by atoms with Crippen LogP contribution < -0.4 is 10.1 Å². The maximum Gasteiger partial charge on any atom is 0.337 e. The van der Waals surface area contributed by atoms with Gasteiger partial charge in [0.15, 0.2) is 6.10 Å². The summed E-state index contributed by atoms with van der Waals surface area (Å²) >= 11 is 0. The van der Waals surface area contributed by atoms with Gasteiger partial charge in [0.25, 0.3) is 5.91 Å². The smallest absolute Gasteiger partial charge is 0.337 e. The lowest BCUT2D eigenvalue weighted by Crippen LogP contribution is -2.30. The van der Waals surface area contributed by atoms with Crippen LogP contribution in [0.1, 0.15) is 28.4 Å². The Morgan fingerprint density at radius 2 is 1.79 bits per heavy atom. The largest absolute Gasteiger partial charge is 0.481 e. The first-order valence-electron chi connectivity index (χ1n) is 7.64. The Bertz CT molecular complexity index is 755. The molecule has 1 atom stereocenters. The van der Waals surface area contributed by atoms with Gasteiger partial charge in [0.1, 0.15) is 5.75 Å². The molecular formula is C19H21NO4. The summed E-state index contributed by atoms with van der Waals surface area (Å²) in [5.74, 6) is -0.0651. The molecule has 2 aromatic rings. The third-order valence-corrected chi connectivity index (χ3v) is 3.78. The minimum atomic E-state index is -0.674. The Morgan fingerprint density at radius 3 is 2.50 bits per heavy atom. The molecule has 0 aliphatic rings. The SMILES string of the molecule is COC(=O)c1cccc(NC(=O)C(C)Oc2cccc(C)c2C)c1. The molecule has 0 saturated heterocycles. The summed E-state index contributed by atoms with van der Waals surface area (Å²) in [5, 5.41) is 2.74. The normalized spacial score (nSPS) is 11.5. The van der Waals surface area contributed by atoms with E-state index in [1.807, 2.05) is 32.0 Å². The minimum absolute atomic E-state index is 0.294. The zero-order valence-electron chi connectivity index (χ0n) is 14.3. The van der Waals surface area contributed by atoms with Crippen LogP contribution in [0.5, 0.6) is 5.75 Å². The molecule has 0 fully saturated rings. The number of hydrogen-bond donors (Lipinski definition) is 1. The van der Waals surface area contributed by atoms with Gasteiger partial charge < -0.3 is 14.8 Å². The predicted molar refractivity (Wildman–Crippen MR) is 92.4 cm³/mol. The van der Waals surface area contributed by atoms with Crippen LogP contribution in [-0.4, -0.2) is 25.1 Å². The van der Waals surface area contributed by atoms with Crippen LogP contribution in [0.25, 0.3) is 0 Å². The van der Waals surface area contributed by atoms with E-state index < -0.39 is 12.1 Å². The fraction of sp³-hybridized carbons (Fsp3) is 0.263. The van der Waals surface area contributed by atoms with E-state index in [9.17, 15) is 9.59 Å². The summed E-state index contributed by atoms with van der Waals surface area (Å²) in [4.78, 5) is 23.8. The fourth-order valence-electron chi connectivity index (χ4n) is 2.18. The molecule has 1 unspecified atom stereocenters. The van der Waals surface area contributed by atoms with Crippen LogP contribution in [-0.2, 0) is 9.53 Å². The Labute approximate surface area is 141 Å². The summed E-state index contributed by atoms with van der Waals surface area (Å²) in [6, 6.07) is 12.3. The molecule has 2 aromatic carbocycles. The van der Waals surface area contributed by atoms with Crippen molar-refractivity contribution in [2.24, 2.45) is 0 Å². The number of rotatable bonds is 5. The second kappa shape index (κ2) is 7.64. The molecule has 0 spiro atoms. The molecule has 5 nitrogen and oxygen atoms in total. The van der Waals surface area contributed by atoms with Crippen molar-refractivity contribution in [1.29, 1.82) is 0 Å². The van der Waals surface area contributed by atoms with Crippen LogP contribution in [0.3, 0.4) is 0 Å². The van der Waals surface area contributed by atoms with Gasteiger partial charge in [-0.1, -0.05) is 18.2 Å². The minimum Gasteiger partial charge on any atom is -0.481 e. The van der Waals surface area contributed by atoms with E-state index in [2.05, 4.69) is 10.1 Å². The number of carbonyl (C=O) groups excluding carboxylic acids is 2. The number of anilines is 1. The number of esters is 1. The van der Waals surface area contributed by atoms with Crippen molar-refractivity contribution in [2.75, 3.05) is 12.4 Å². The number of aryl methyl sites for hydroxylation is 1. The molecule has 0 bridgehead atoms. The maximum absolute atomic E-state index is 12.3. The zero-order chi connectivity index (χ0) is 17.7. The standard InChI is InChI=1S/C19H21NO4/c1-12-7-5-10-17(13(12)2)24-14(3)18(21)20-16-9-6-8-15(11-16)19(22)23-4/h5-11,14H,1-4H3,(H,20,21). The first kappa shape index (κ1) is 17.5. The van der Waals surface area contributed by atoms with E-state index in [-0.39, 0.29) is 5.91 Å². The Morgan fingerprint density at radius 1 is 1.08 bits per heavy atom. The molecule has 24 heavy (non-hydrogen) atoms. The lowest BCUT2D eigenvalue weighted by molar-refractivity contribution is -0.122. The molecule has 1 N–H and O–H groups in total. The zero-order valence-corrected chi connectivity index (χ0v) is 14.3. The number of nitrogens with one attached hydrogen (secondary N) is 1. The molecule has 0 saturated carbocycles. The maximum atomic E-state index is 12.3. The molecule has 0 aliphatic heterocycles. The molecule has 5 heteroatoms. The van der Waals surface area contributed by atoms with E-state index in [4.69, 9.17) is 4.74 Å². The van der Waals surface area contributed by atoms with Crippen LogP contribution in [0, 0.1) is 13.8 Å². The van der Waals surface area contributed by atoms with Crippen molar-refractivity contribution in [1.82, 2.24) is 0 Å². The average molecular weight is 327 g/mol. The van der Waals surface area contributed by atoms with E-state index in [1.54, 1.807) is 31.2 Å². The van der Waals surface area contributed by atoms with Crippen molar-refractivity contribution < 1.29 is 19.1 Å². The second-order valence-corrected chi connectivity index (χ2v) is 5.52. The van der Waals surface area contributed by atoms with E-state index in [0.717, 1.165) is 11.1 Å². The van der Waals surface area contributed by atoms with Gasteiger partial charge in [-0.25, -0.2) is 4.79 Å². The number of amides is 1. The highest BCUT2D eigenvalue weighted by Gasteiger charge is 2.17. The summed E-state index contributed by atoms with van der Waals surface area (Å²) < 4.78 is 10.4. The quantitative estimate of drug-likeness (QED) is 0.854. The van der Waals surface area contributed by atoms with Crippen LogP contribution in [0.4, 0.5) is 5.69 Å². The number of hydrogen-bond acceptors (Lipinski definition) is 4. The van der Waals surface area contributed by atoms with Gasteiger partial charge in [0.2, 0.25) is 0 Å². The number of ether oxygens (including phenoxy) is 2. The summed E-state index contributed by atoms with van der Waals surface area (Å²) in [6.45, 7) is 5.63. The fourth-order valence-corrected chi connectivity index (χ4v) is 2.18. The molecule has 0 heterocycles. The predicted octanol–water partition coefficient (Wildman–Crippen LogP) is 3.50. The van der Waals surface area contributed by atoms with E-state index >= 15 is 0 Å². The molecule has 0 radical (unpaired) electrons. The van der Waals surface area contributed by atoms with Gasteiger partial charge in [-0.15, -0.1) is 0 Å². The number of carbonyl (C=O) groups is 2. The summed E-state index contributed by atoms with van der Waals surface area (Å²) in [6.07, 6.45) is -0.674. The molecule has 0 aliphatic carbocycles. The first-order valence-corrected chi connectivity index (χ1v) is 7.64. The average Bonchev–Trinajstić information content (AvgIpc) is 2.58. The molecular weight excluding hydrogens is 306 g/mol. The van der Waals surface area contributed by atoms with Crippen LogP contribution in [0.15, 0.2) is 42.5 Å². The lowest BCUT2D eigenvalue weighted by Gasteiger charge is -2.17. The topological polar surface area (TPSA) is 64.6 Å². The van der Waals surface area contributed by atoms with Gasteiger partial charge in [0, 0.05) is 5.69 Å². The summed E-state index contributed by atoms with van der Waals surface area (Å²) in [5.41, 5.74) is 2.99. The lowest BCUT2D eigenvalue weighted by atomic mass is 10.1. The first-order chi connectivity index (χ1) is 11.4.